The maximum atomic E-state index is 12.9. The van der Waals surface area contributed by atoms with Crippen molar-refractivity contribution in [3.8, 4) is 0 Å². The van der Waals surface area contributed by atoms with E-state index >= 15 is 0 Å². The first-order chi connectivity index (χ1) is 9.82. The number of nitrogens with two attached hydrogens (primary N) is 1. The highest BCUT2D eigenvalue weighted by Gasteiger charge is 2.36. The van der Waals surface area contributed by atoms with Crippen LogP contribution in [0, 0.1) is 5.92 Å². The fourth-order valence-corrected chi connectivity index (χ4v) is 2.29. The first-order valence-electron chi connectivity index (χ1n) is 7.36. The van der Waals surface area contributed by atoms with Gasteiger partial charge in [-0.1, -0.05) is 19.9 Å². The lowest BCUT2D eigenvalue weighted by atomic mass is 10.1. The van der Waals surface area contributed by atoms with Crippen LogP contribution in [0.2, 0.25) is 0 Å². The van der Waals surface area contributed by atoms with Crippen LogP contribution in [0.25, 0.3) is 0 Å². The molecule has 0 unspecified atom stereocenters. The zero-order chi connectivity index (χ0) is 15.6. The molecule has 0 saturated heterocycles. The van der Waals surface area contributed by atoms with Crippen molar-refractivity contribution in [3.05, 3.63) is 23.4 Å². The van der Waals surface area contributed by atoms with E-state index < -0.39 is 11.9 Å². The van der Waals surface area contributed by atoms with Gasteiger partial charge in [0, 0.05) is 24.7 Å². The van der Waals surface area contributed by atoms with Gasteiger partial charge in [-0.2, -0.15) is 13.2 Å². The van der Waals surface area contributed by atoms with Gasteiger partial charge in [-0.3, -0.25) is 0 Å². The minimum absolute atomic E-state index is 0.200. The third-order valence-electron chi connectivity index (χ3n) is 3.67. The van der Waals surface area contributed by atoms with E-state index in [0.29, 0.717) is 23.3 Å². The van der Waals surface area contributed by atoms with E-state index in [1.165, 1.54) is 6.07 Å². The van der Waals surface area contributed by atoms with Crippen LogP contribution in [-0.2, 0) is 12.7 Å². The maximum absolute atomic E-state index is 12.9. The van der Waals surface area contributed by atoms with E-state index in [1.807, 2.05) is 4.90 Å². The van der Waals surface area contributed by atoms with Crippen LogP contribution < -0.4 is 10.6 Å². The fraction of sp³-hybridized carbons (Fsp3) is 0.667. The lowest BCUT2D eigenvalue weighted by Crippen LogP contribution is -2.31. The Kier molecular flexibility index (Phi) is 4.76. The molecular weight excluding hydrogens is 279 g/mol. The quantitative estimate of drug-likeness (QED) is 0.873. The minimum Gasteiger partial charge on any atom is -0.353 e. The van der Waals surface area contributed by atoms with Gasteiger partial charge in [0.1, 0.15) is 11.5 Å². The number of nitrogens with zero attached hydrogens (tertiary/aromatic N) is 2. The summed E-state index contributed by atoms with van der Waals surface area (Å²) in [6.45, 7) is 5.14. The van der Waals surface area contributed by atoms with Crippen LogP contribution >= 0.6 is 0 Å². The highest BCUT2D eigenvalue weighted by Crippen LogP contribution is 2.35. The monoisotopic (exact) mass is 301 g/mol. The number of rotatable bonds is 6. The SMILES string of the molecule is CC(C)CCN(c1nc(C(F)(F)F)ccc1CN)C1CC1. The molecule has 118 valence electrons. The van der Waals surface area contributed by atoms with E-state index in [2.05, 4.69) is 18.8 Å². The number of pyridine rings is 1. The van der Waals surface area contributed by atoms with Crippen molar-refractivity contribution >= 4 is 5.82 Å². The molecule has 1 saturated carbocycles. The van der Waals surface area contributed by atoms with Crippen LogP contribution in [0.4, 0.5) is 19.0 Å². The largest absolute Gasteiger partial charge is 0.433 e. The summed E-state index contributed by atoms with van der Waals surface area (Å²) >= 11 is 0. The molecule has 0 aromatic carbocycles. The van der Waals surface area contributed by atoms with Gasteiger partial charge >= 0.3 is 6.18 Å². The Morgan fingerprint density at radius 2 is 2.00 bits per heavy atom. The molecular formula is C15H22F3N3. The van der Waals surface area contributed by atoms with Crippen molar-refractivity contribution in [2.75, 3.05) is 11.4 Å². The number of hydrogen-bond acceptors (Lipinski definition) is 3. The number of hydrogen-bond donors (Lipinski definition) is 1. The molecule has 1 aromatic rings. The molecule has 0 amide bonds. The topological polar surface area (TPSA) is 42.2 Å². The summed E-state index contributed by atoms with van der Waals surface area (Å²) in [6, 6.07) is 2.78. The summed E-state index contributed by atoms with van der Waals surface area (Å²) in [5.41, 5.74) is 5.51. The molecule has 21 heavy (non-hydrogen) atoms. The van der Waals surface area contributed by atoms with Gasteiger partial charge < -0.3 is 10.6 Å². The van der Waals surface area contributed by atoms with Crippen molar-refractivity contribution in [2.24, 2.45) is 11.7 Å². The van der Waals surface area contributed by atoms with Crippen LogP contribution in [0.5, 0.6) is 0 Å². The van der Waals surface area contributed by atoms with E-state index in [9.17, 15) is 13.2 Å². The minimum atomic E-state index is -4.42. The average Bonchev–Trinajstić information content (AvgIpc) is 3.22. The van der Waals surface area contributed by atoms with Gasteiger partial charge in [0.2, 0.25) is 0 Å². The van der Waals surface area contributed by atoms with Crippen molar-refractivity contribution in [1.29, 1.82) is 0 Å². The lowest BCUT2D eigenvalue weighted by Gasteiger charge is -2.27. The van der Waals surface area contributed by atoms with Crippen LogP contribution in [-0.4, -0.2) is 17.6 Å². The predicted octanol–water partition coefficient (Wildman–Crippen LogP) is 3.57. The molecule has 1 aliphatic rings. The molecule has 0 bridgehead atoms. The summed E-state index contributed by atoms with van der Waals surface area (Å²) in [7, 11) is 0. The number of alkyl halides is 3. The van der Waals surface area contributed by atoms with Crippen molar-refractivity contribution < 1.29 is 13.2 Å². The molecule has 6 heteroatoms. The molecule has 1 aliphatic carbocycles. The average molecular weight is 301 g/mol. The summed E-state index contributed by atoms with van der Waals surface area (Å²) in [5.74, 6) is 0.911. The second-order valence-electron chi connectivity index (χ2n) is 5.99. The zero-order valence-electron chi connectivity index (χ0n) is 12.5. The van der Waals surface area contributed by atoms with Gasteiger partial charge in [0.25, 0.3) is 0 Å². The fourth-order valence-electron chi connectivity index (χ4n) is 2.29. The lowest BCUT2D eigenvalue weighted by molar-refractivity contribution is -0.141. The van der Waals surface area contributed by atoms with Crippen LogP contribution in [0.1, 0.15) is 44.4 Å². The molecule has 0 radical (unpaired) electrons. The Bertz CT molecular complexity index is 482. The molecule has 0 spiro atoms. The van der Waals surface area contributed by atoms with E-state index in [-0.39, 0.29) is 6.54 Å². The van der Waals surface area contributed by atoms with Gasteiger partial charge in [0.05, 0.1) is 0 Å². The van der Waals surface area contributed by atoms with E-state index in [0.717, 1.165) is 31.9 Å². The van der Waals surface area contributed by atoms with Crippen LogP contribution in [0.15, 0.2) is 12.1 Å². The van der Waals surface area contributed by atoms with Gasteiger partial charge in [-0.25, -0.2) is 4.98 Å². The Morgan fingerprint density at radius 3 is 2.48 bits per heavy atom. The van der Waals surface area contributed by atoms with Gasteiger partial charge in [-0.15, -0.1) is 0 Å². The Morgan fingerprint density at radius 1 is 1.33 bits per heavy atom. The smallest absolute Gasteiger partial charge is 0.353 e. The van der Waals surface area contributed by atoms with E-state index in [4.69, 9.17) is 5.73 Å². The van der Waals surface area contributed by atoms with Crippen molar-refractivity contribution in [2.45, 2.75) is 51.9 Å². The third-order valence-corrected chi connectivity index (χ3v) is 3.67. The molecule has 2 rings (SSSR count). The standard InChI is InChI=1S/C15H22F3N3/c1-10(2)7-8-21(12-4-5-12)14-11(9-19)3-6-13(20-14)15(16,17)18/h3,6,10,12H,4-5,7-9,19H2,1-2H3. The van der Waals surface area contributed by atoms with E-state index in [1.54, 1.807) is 0 Å². The van der Waals surface area contributed by atoms with Gasteiger partial charge in [0.15, 0.2) is 0 Å². The van der Waals surface area contributed by atoms with Gasteiger partial charge in [-0.05, 0) is 31.2 Å². The molecule has 1 fully saturated rings. The van der Waals surface area contributed by atoms with Crippen molar-refractivity contribution in [3.63, 3.8) is 0 Å². The second-order valence-corrected chi connectivity index (χ2v) is 5.99. The third kappa shape index (κ3) is 4.09. The Labute approximate surface area is 123 Å². The molecule has 0 atom stereocenters. The van der Waals surface area contributed by atoms with Crippen molar-refractivity contribution in [1.82, 2.24) is 4.98 Å². The Balaban J connectivity index is 2.32. The highest BCUT2D eigenvalue weighted by molar-refractivity contribution is 5.50. The summed E-state index contributed by atoms with van der Waals surface area (Å²) in [4.78, 5) is 5.89. The normalized spacial score (nSPS) is 15.6. The summed E-state index contributed by atoms with van der Waals surface area (Å²) in [6.07, 6.45) is -1.46. The number of anilines is 1. The predicted molar refractivity (Wildman–Crippen MR) is 77.0 cm³/mol. The molecule has 0 aliphatic heterocycles. The highest BCUT2D eigenvalue weighted by atomic mass is 19.4. The number of aromatic nitrogens is 1. The molecule has 1 heterocycles. The first-order valence-corrected chi connectivity index (χ1v) is 7.36. The summed E-state index contributed by atoms with van der Waals surface area (Å²) < 4.78 is 38.7. The Hall–Kier alpha value is -1.30. The van der Waals surface area contributed by atoms with Crippen LogP contribution in [0.3, 0.4) is 0 Å². The zero-order valence-corrected chi connectivity index (χ0v) is 12.5. The maximum Gasteiger partial charge on any atom is 0.433 e. The number of halogens is 3. The molecule has 1 aromatic heterocycles. The molecule has 3 nitrogen and oxygen atoms in total. The summed E-state index contributed by atoms with van der Waals surface area (Å²) in [5, 5.41) is 0. The second kappa shape index (κ2) is 6.22. The molecule has 2 N–H and O–H groups in total. The first kappa shape index (κ1) is 16.1.